The number of fused-ring (bicyclic) bond motifs is 1. The standard InChI is InChI=1S/C29H34N2O5S/c1-4-26(23-15-14-21-10-8-9-11-22(21)18-23)30-29(32)20-31(24-12-6-5-7-13-24)37(33,34)25-16-17-27(35-2)28(19-25)36-3/h5-7,12-19,26H,4,8-11,20H2,1-3H3,(H,30,32). The van der Waals surface area contributed by atoms with Gasteiger partial charge in [-0.25, -0.2) is 8.42 Å². The predicted octanol–water partition coefficient (Wildman–Crippen LogP) is 5.05. The zero-order valence-corrected chi connectivity index (χ0v) is 22.4. The molecule has 0 aromatic heterocycles. The Morgan fingerprint density at radius 2 is 1.62 bits per heavy atom. The number of nitrogens with one attached hydrogen (secondary N) is 1. The van der Waals surface area contributed by atoms with Gasteiger partial charge in [0.05, 0.1) is 30.8 Å². The molecule has 0 saturated heterocycles. The maximum absolute atomic E-state index is 13.8. The second-order valence-electron chi connectivity index (χ2n) is 9.13. The number of methoxy groups -OCH3 is 2. The summed E-state index contributed by atoms with van der Waals surface area (Å²) in [5, 5.41) is 3.06. The Balaban J connectivity index is 1.61. The zero-order valence-electron chi connectivity index (χ0n) is 21.6. The Labute approximate surface area is 219 Å². The third-order valence-electron chi connectivity index (χ3n) is 6.79. The van der Waals surface area contributed by atoms with Crippen LogP contribution in [0.1, 0.15) is 48.9 Å². The number of amides is 1. The first-order valence-corrected chi connectivity index (χ1v) is 14.0. The average molecular weight is 523 g/mol. The number of rotatable bonds is 10. The lowest BCUT2D eigenvalue weighted by Crippen LogP contribution is -2.42. The van der Waals surface area contributed by atoms with Crippen LogP contribution in [0.25, 0.3) is 0 Å². The van der Waals surface area contributed by atoms with Gasteiger partial charge in [0, 0.05) is 6.07 Å². The molecule has 1 aliphatic rings. The summed E-state index contributed by atoms with van der Waals surface area (Å²) in [7, 11) is -1.16. The number of benzene rings is 3. The van der Waals surface area contributed by atoms with Crippen molar-refractivity contribution in [2.45, 2.75) is 50.0 Å². The summed E-state index contributed by atoms with van der Waals surface area (Å²) < 4.78 is 39.2. The lowest BCUT2D eigenvalue weighted by Gasteiger charge is -2.26. The van der Waals surface area contributed by atoms with E-state index in [4.69, 9.17) is 9.47 Å². The molecule has 0 spiro atoms. The van der Waals surface area contributed by atoms with E-state index in [2.05, 4.69) is 23.5 Å². The van der Waals surface area contributed by atoms with Gasteiger partial charge in [-0.1, -0.05) is 43.3 Å². The molecule has 3 aromatic carbocycles. The minimum Gasteiger partial charge on any atom is -0.493 e. The van der Waals surface area contributed by atoms with Crippen LogP contribution in [0.2, 0.25) is 0 Å². The molecule has 0 fully saturated rings. The Morgan fingerprint density at radius 1 is 0.919 bits per heavy atom. The quantitative estimate of drug-likeness (QED) is 0.403. The minimum atomic E-state index is -4.09. The molecule has 1 unspecified atom stereocenters. The van der Waals surface area contributed by atoms with Gasteiger partial charge in [0.15, 0.2) is 11.5 Å². The fourth-order valence-electron chi connectivity index (χ4n) is 4.78. The van der Waals surface area contributed by atoms with Crippen LogP contribution in [-0.2, 0) is 27.7 Å². The first kappa shape index (κ1) is 26.5. The van der Waals surface area contributed by atoms with E-state index in [0.717, 1.165) is 22.7 Å². The normalized spacial score (nSPS) is 13.8. The molecule has 8 heteroatoms. The first-order valence-electron chi connectivity index (χ1n) is 12.6. The summed E-state index contributed by atoms with van der Waals surface area (Å²) in [6.07, 6.45) is 5.24. The van der Waals surface area contributed by atoms with Crippen LogP contribution < -0.4 is 19.1 Å². The molecule has 0 aliphatic heterocycles. The van der Waals surface area contributed by atoms with E-state index in [1.54, 1.807) is 30.3 Å². The monoisotopic (exact) mass is 522 g/mol. The van der Waals surface area contributed by atoms with E-state index in [9.17, 15) is 13.2 Å². The molecule has 0 radical (unpaired) electrons. The number of ether oxygens (including phenoxy) is 2. The smallest absolute Gasteiger partial charge is 0.264 e. The van der Waals surface area contributed by atoms with Gasteiger partial charge in [0.25, 0.3) is 10.0 Å². The van der Waals surface area contributed by atoms with E-state index in [-0.39, 0.29) is 23.4 Å². The zero-order chi connectivity index (χ0) is 26.4. The summed E-state index contributed by atoms with van der Waals surface area (Å²) in [5.41, 5.74) is 4.17. The molecule has 0 heterocycles. The summed E-state index contributed by atoms with van der Waals surface area (Å²) in [6.45, 7) is 1.65. The molecule has 1 aliphatic carbocycles. The molecule has 0 bridgehead atoms. The molecule has 1 atom stereocenters. The van der Waals surface area contributed by atoms with Crippen molar-refractivity contribution in [1.82, 2.24) is 5.32 Å². The Bertz CT molecular complexity index is 1340. The fourth-order valence-corrected chi connectivity index (χ4v) is 6.21. The number of carbonyl (C=O) groups excluding carboxylic acids is 1. The third kappa shape index (κ3) is 5.91. The van der Waals surface area contributed by atoms with Gasteiger partial charge in [-0.2, -0.15) is 0 Å². The number of nitrogens with zero attached hydrogens (tertiary/aromatic N) is 1. The third-order valence-corrected chi connectivity index (χ3v) is 8.56. The van der Waals surface area contributed by atoms with Gasteiger partial charge >= 0.3 is 0 Å². The number of carbonyl (C=O) groups is 1. The van der Waals surface area contributed by atoms with Crippen LogP contribution in [0.5, 0.6) is 11.5 Å². The van der Waals surface area contributed by atoms with E-state index in [1.165, 1.54) is 56.4 Å². The van der Waals surface area contributed by atoms with Crippen LogP contribution in [0.4, 0.5) is 5.69 Å². The number of hydrogen-bond acceptors (Lipinski definition) is 5. The second kappa shape index (κ2) is 11.7. The van der Waals surface area contributed by atoms with Crippen LogP contribution in [0.3, 0.4) is 0 Å². The maximum atomic E-state index is 13.8. The number of anilines is 1. The largest absolute Gasteiger partial charge is 0.493 e. The first-order chi connectivity index (χ1) is 17.9. The fraction of sp³-hybridized carbons (Fsp3) is 0.345. The number of para-hydroxylation sites is 1. The molecular formula is C29H34N2O5S. The lowest BCUT2D eigenvalue weighted by molar-refractivity contribution is -0.120. The summed E-state index contributed by atoms with van der Waals surface area (Å²) in [4.78, 5) is 13.3. The molecule has 4 rings (SSSR count). The van der Waals surface area contributed by atoms with Crippen LogP contribution in [-0.4, -0.2) is 35.1 Å². The Hall–Kier alpha value is -3.52. The van der Waals surface area contributed by atoms with Gasteiger partial charge < -0.3 is 14.8 Å². The van der Waals surface area contributed by atoms with Crippen molar-refractivity contribution in [3.05, 3.63) is 83.4 Å². The molecule has 1 N–H and O–H groups in total. The van der Waals surface area contributed by atoms with Gasteiger partial charge in [0.2, 0.25) is 5.91 Å². The highest BCUT2D eigenvalue weighted by Gasteiger charge is 2.29. The van der Waals surface area contributed by atoms with Crippen LogP contribution in [0.15, 0.2) is 71.6 Å². The minimum absolute atomic E-state index is 0.00327. The molecular weight excluding hydrogens is 488 g/mol. The van der Waals surface area contributed by atoms with Crippen molar-refractivity contribution in [2.24, 2.45) is 0 Å². The summed E-state index contributed by atoms with van der Waals surface area (Å²) >= 11 is 0. The van der Waals surface area contributed by atoms with E-state index in [0.29, 0.717) is 23.6 Å². The predicted molar refractivity (Wildman–Crippen MR) is 145 cm³/mol. The van der Waals surface area contributed by atoms with Crippen molar-refractivity contribution < 1.29 is 22.7 Å². The van der Waals surface area contributed by atoms with Gasteiger partial charge in [-0.05, 0) is 73.1 Å². The van der Waals surface area contributed by atoms with E-state index >= 15 is 0 Å². The Kier molecular flexibility index (Phi) is 8.38. The summed E-state index contributed by atoms with van der Waals surface area (Å²) in [6, 6.07) is 19.3. The topological polar surface area (TPSA) is 84.9 Å². The highest BCUT2D eigenvalue weighted by Crippen LogP contribution is 2.32. The molecule has 37 heavy (non-hydrogen) atoms. The number of sulfonamides is 1. The molecule has 1 amide bonds. The van der Waals surface area contributed by atoms with Crippen molar-refractivity contribution >= 4 is 21.6 Å². The summed E-state index contributed by atoms with van der Waals surface area (Å²) in [5.74, 6) is 0.332. The Morgan fingerprint density at radius 3 is 2.30 bits per heavy atom. The van der Waals surface area contributed by atoms with Crippen molar-refractivity contribution in [3.8, 4) is 11.5 Å². The molecule has 196 valence electrons. The average Bonchev–Trinajstić information content (AvgIpc) is 2.94. The van der Waals surface area contributed by atoms with Gasteiger partial charge in [-0.3, -0.25) is 9.10 Å². The van der Waals surface area contributed by atoms with E-state index in [1.807, 2.05) is 6.92 Å². The molecule has 7 nitrogen and oxygen atoms in total. The van der Waals surface area contributed by atoms with Gasteiger partial charge in [-0.15, -0.1) is 0 Å². The SMILES string of the molecule is CCC(NC(=O)CN(c1ccccc1)S(=O)(=O)c1ccc(OC)c(OC)c1)c1ccc2c(c1)CCCC2. The van der Waals surface area contributed by atoms with Crippen molar-refractivity contribution in [1.29, 1.82) is 0 Å². The molecule has 3 aromatic rings. The highest BCUT2D eigenvalue weighted by molar-refractivity contribution is 7.92. The van der Waals surface area contributed by atoms with Crippen molar-refractivity contribution in [3.63, 3.8) is 0 Å². The highest BCUT2D eigenvalue weighted by atomic mass is 32.2. The van der Waals surface area contributed by atoms with Gasteiger partial charge in [0.1, 0.15) is 6.54 Å². The van der Waals surface area contributed by atoms with Crippen LogP contribution >= 0.6 is 0 Å². The lowest BCUT2D eigenvalue weighted by atomic mass is 9.89. The maximum Gasteiger partial charge on any atom is 0.264 e. The van der Waals surface area contributed by atoms with Crippen molar-refractivity contribution in [2.75, 3.05) is 25.1 Å². The van der Waals surface area contributed by atoms with E-state index < -0.39 is 10.0 Å². The number of hydrogen-bond donors (Lipinski definition) is 1. The second-order valence-corrected chi connectivity index (χ2v) is 11.0. The van der Waals surface area contributed by atoms with Crippen LogP contribution in [0, 0.1) is 0 Å². The number of aryl methyl sites for hydroxylation is 2. The molecule has 0 saturated carbocycles.